The molecule has 0 aliphatic rings. The minimum absolute atomic E-state index is 0.110. The van der Waals surface area contributed by atoms with Crippen LogP contribution in [0.3, 0.4) is 0 Å². The zero-order valence-corrected chi connectivity index (χ0v) is 15.7. The second-order valence-electron chi connectivity index (χ2n) is 5.92. The summed E-state index contributed by atoms with van der Waals surface area (Å²) in [4.78, 5) is 26.2. The summed E-state index contributed by atoms with van der Waals surface area (Å²) in [7, 11) is 2.80. The zero-order chi connectivity index (χ0) is 20.0. The molecule has 2 rings (SSSR count). The van der Waals surface area contributed by atoms with E-state index in [1.807, 2.05) is 0 Å². The lowest BCUT2D eigenvalue weighted by Crippen LogP contribution is -2.46. The first-order chi connectivity index (χ1) is 12.9. The van der Waals surface area contributed by atoms with E-state index in [4.69, 9.17) is 14.2 Å². The molecular formula is C20H23NO6. The number of hydrogen-bond acceptors (Lipinski definition) is 6. The quantitative estimate of drug-likeness (QED) is 0.780. The number of nitrogens with zero attached hydrogens (tertiary/aromatic N) is 1. The van der Waals surface area contributed by atoms with Gasteiger partial charge in [-0.2, -0.15) is 0 Å². The van der Waals surface area contributed by atoms with Gasteiger partial charge in [-0.1, -0.05) is 12.1 Å². The largest absolute Gasteiger partial charge is 0.508 e. The Morgan fingerprint density at radius 2 is 1.48 bits per heavy atom. The van der Waals surface area contributed by atoms with Gasteiger partial charge in [0.15, 0.2) is 0 Å². The maximum atomic E-state index is 12.8. The van der Waals surface area contributed by atoms with Crippen molar-refractivity contribution in [1.29, 1.82) is 0 Å². The number of carbonyl (C=O) groups excluding carboxylic acids is 2. The van der Waals surface area contributed by atoms with E-state index in [1.165, 1.54) is 24.1 Å². The second-order valence-corrected chi connectivity index (χ2v) is 5.92. The first-order valence-corrected chi connectivity index (χ1v) is 8.38. The molecule has 2 unspecified atom stereocenters. The van der Waals surface area contributed by atoms with Gasteiger partial charge in [0.2, 0.25) is 0 Å². The molecule has 2 aromatic rings. The van der Waals surface area contributed by atoms with Gasteiger partial charge in [-0.05, 0) is 55.8 Å². The van der Waals surface area contributed by atoms with E-state index >= 15 is 0 Å². The van der Waals surface area contributed by atoms with Gasteiger partial charge in [0.1, 0.15) is 23.3 Å². The van der Waals surface area contributed by atoms with Crippen LogP contribution in [0.5, 0.6) is 17.2 Å². The van der Waals surface area contributed by atoms with Crippen molar-refractivity contribution in [3.63, 3.8) is 0 Å². The van der Waals surface area contributed by atoms with Gasteiger partial charge in [0, 0.05) is 0 Å². The van der Waals surface area contributed by atoms with Crippen LogP contribution in [0.1, 0.15) is 25.5 Å². The monoisotopic (exact) mass is 373 g/mol. The number of aromatic hydroxyl groups is 1. The summed E-state index contributed by atoms with van der Waals surface area (Å²) < 4.78 is 15.3. The van der Waals surface area contributed by atoms with E-state index in [9.17, 15) is 14.7 Å². The molecule has 7 heteroatoms. The van der Waals surface area contributed by atoms with Crippen molar-refractivity contribution in [2.45, 2.75) is 25.9 Å². The van der Waals surface area contributed by atoms with Gasteiger partial charge in [0.25, 0.3) is 0 Å². The van der Waals surface area contributed by atoms with Crippen molar-refractivity contribution in [1.82, 2.24) is 4.90 Å². The Bertz CT molecular complexity index is 772. The number of methoxy groups -OCH3 is 2. The Morgan fingerprint density at radius 1 is 0.926 bits per heavy atom. The number of esters is 1. The van der Waals surface area contributed by atoms with Gasteiger partial charge < -0.3 is 19.3 Å². The van der Waals surface area contributed by atoms with Crippen LogP contribution in [-0.4, -0.2) is 42.3 Å². The molecule has 0 aliphatic carbocycles. The number of phenolic OH excluding ortho intramolecular Hbond substituents is 1. The number of hydrogen-bond donors (Lipinski definition) is 1. The van der Waals surface area contributed by atoms with Gasteiger partial charge >= 0.3 is 12.1 Å². The number of amides is 1. The van der Waals surface area contributed by atoms with Crippen LogP contribution in [0, 0.1) is 0 Å². The Morgan fingerprint density at radius 3 is 2.00 bits per heavy atom. The van der Waals surface area contributed by atoms with Crippen LogP contribution in [0.2, 0.25) is 0 Å². The van der Waals surface area contributed by atoms with Crippen LogP contribution in [0.15, 0.2) is 48.5 Å². The second kappa shape index (κ2) is 8.93. The summed E-state index contributed by atoms with van der Waals surface area (Å²) in [5.74, 6) is 0.499. The number of rotatable bonds is 6. The summed E-state index contributed by atoms with van der Waals surface area (Å²) in [6, 6.07) is 11.6. The van der Waals surface area contributed by atoms with Crippen LogP contribution < -0.4 is 9.47 Å². The summed E-state index contributed by atoms with van der Waals surface area (Å²) in [5, 5.41) is 9.47. The molecule has 0 heterocycles. The van der Waals surface area contributed by atoms with Gasteiger partial charge in [0.05, 0.1) is 20.3 Å². The molecule has 7 nitrogen and oxygen atoms in total. The van der Waals surface area contributed by atoms with Crippen LogP contribution in [0.4, 0.5) is 4.79 Å². The molecule has 0 bridgehead atoms. The van der Waals surface area contributed by atoms with Crippen LogP contribution >= 0.6 is 0 Å². The highest BCUT2D eigenvalue weighted by molar-refractivity contribution is 5.82. The Labute approximate surface area is 158 Å². The zero-order valence-electron chi connectivity index (χ0n) is 15.7. The fourth-order valence-electron chi connectivity index (χ4n) is 2.65. The molecule has 0 saturated heterocycles. The molecule has 0 aliphatic heterocycles. The minimum Gasteiger partial charge on any atom is -0.508 e. The molecule has 0 spiro atoms. The Hall–Kier alpha value is -3.22. The molecule has 2 atom stereocenters. The van der Waals surface area contributed by atoms with E-state index in [1.54, 1.807) is 57.4 Å². The van der Waals surface area contributed by atoms with Crippen molar-refractivity contribution in [2.75, 3.05) is 14.2 Å². The fourth-order valence-corrected chi connectivity index (χ4v) is 2.65. The third-order valence-corrected chi connectivity index (χ3v) is 4.23. The van der Waals surface area contributed by atoms with Crippen molar-refractivity contribution >= 4 is 12.1 Å². The maximum Gasteiger partial charge on any atom is 0.416 e. The van der Waals surface area contributed by atoms with E-state index < -0.39 is 24.1 Å². The molecule has 27 heavy (non-hydrogen) atoms. The van der Waals surface area contributed by atoms with E-state index in [0.29, 0.717) is 11.5 Å². The molecule has 1 N–H and O–H groups in total. The first kappa shape index (κ1) is 20.1. The lowest BCUT2D eigenvalue weighted by molar-refractivity contribution is -0.146. The van der Waals surface area contributed by atoms with Gasteiger partial charge in [-0.25, -0.2) is 9.59 Å². The topological polar surface area (TPSA) is 85.3 Å². The normalized spacial score (nSPS) is 12.6. The lowest BCUT2D eigenvalue weighted by atomic mass is 10.1. The van der Waals surface area contributed by atoms with Crippen LogP contribution in [-0.2, 0) is 9.53 Å². The average molecular weight is 373 g/mol. The average Bonchev–Trinajstić information content (AvgIpc) is 2.68. The smallest absolute Gasteiger partial charge is 0.416 e. The Balaban J connectivity index is 2.28. The van der Waals surface area contributed by atoms with Gasteiger partial charge in [-0.3, -0.25) is 4.90 Å². The number of carbonyl (C=O) groups is 2. The standard InChI is InChI=1S/C20H23NO6/c1-13(15-5-7-16(22)8-6-15)21(14(2)19(23)26-4)20(24)27-18-11-9-17(25-3)10-12-18/h5-14,22H,1-4H3. The summed E-state index contributed by atoms with van der Waals surface area (Å²) in [6.45, 7) is 3.33. The molecular weight excluding hydrogens is 350 g/mol. The summed E-state index contributed by atoms with van der Waals surface area (Å²) in [5.41, 5.74) is 0.732. The lowest BCUT2D eigenvalue weighted by Gasteiger charge is -2.32. The number of ether oxygens (including phenoxy) is 3. The number of benzene rings is 2. The predicted octanol–water partition coefficient (Wildman–Crippen LogP) is 3.52. The SMILES string of the molecule is COC(=O)C(C)N(C(=O)Oc1ccc(OC)cc1)C(C)c1ccc(O)cc1. The van der Waals surface area contributed by atoms with Crippen molar-refractivity contribution < 1.29 is 28.9 Å². The van der Waals surface area contributed by atoms with Crippen LogP contribution in [0.25, 0.3) is 0 Å². The highest BCUT2D eigenvalue weighted by atomic mass is 16.6. The van der Waals surface area contributed by atoms with E-state index in [-0.39, 0.29) is 5.75 Å². The number of phenols is 1. The van der Waals surface area contributed by atoms with Crippen molar-refractivity contribution in [3.05, 3.63) is 54.1 Å². The van der Waals surface area contributed by atoms with Gasteiger partial charge in [-0.15, -0.1) is 0 Å². The molecule has 0 radical (unpaired) electrons. The molecule has 0 aromatic heterocycles. The molecule has 2 aromatic carbocycles. The van der Waals surface area contributed by atoms with E-state index in [2.05, 4.69) is 0 Å². The third-order valence-electron chi connectivity index (χ3n) is 4.23. The minimum atomic E-state index is -0.871. The predicted molar refractivity (Wildman–Crippen MR) is 98.9 cm³/mol. The Kier molecular flexibility index (Phi) is 6.65. The maximum absolute atomic E-state index is 12.8. The third kappa shape index (κ3) is 4.91. The summed E-state index contributed by atoms with van der Waals surface area (Å²) in [6.07, 6.45) is -0.696. The summed E-state index contributed by atoms with van der Waals surface area (Å²) >= 11 is 0. The molecule has 144 valence electrons. The fraction of sp³-hybridized carbons (Fsp3) is 0.300. The molecule has 0 saturated carbocycles. The molecule has 1 amide bonds. The van der Waals surface area contributed by atoms with Crippen molar-refractivity contribution in [2.24, 2.45) is 0 Å². The highest BCUT2D eigenvalue weighted by Crippen LogP contribution is 2.27. The molecule has 0 fully saturated rings. The first-order valence-electron chi connectivity index (χ1n) is 8.38. The van der Waals surface area contributed by atoms with E-state index in [0.717, 1.165) is 5.56 Å². The van der Waals surface area contributed by atoms with Crippen molar-refractivity contribution in [3.8, 4) is 17.2 Å². The highest BCUT2D eigenvalue weighted by Gasteiger charge is 2.33.